The second-order valence-electron chi connectivity index (χ2n) is 9.13. The van der Waals surface area contributed by atoms with Crippen molar-refractivity contribution in [1.29, 1.82) is 5.26 Å². The summed E-state index contributed by atoms with van der Waals surface area (Å²) >= 11 is 0. The van der Waals surface area contributed by atoms with E-state index in [0.29, 0.717) is 31.3 Å². The first kappa shape index (κ1) is 19.3. The topological polar surface area (TPSA) is 148 Å². The summed E-state index contributed by atoms with van der Waals surface area (Å²) in [6.07, 6.45) is 2.41. The first-order valence-corrected chi connectivity index (χ1v) is 10.9. The highest BCUT2D eigenvalue weighted by Crippen LogP contribution is 2.48. The summed E-state index contributed by atoms with van der Waals surface area (Å²) in [4.78, 5) is 31.8. The van der Waals surface area contributed by atoms with Gasteiger partial charge in [0.15, 0.2) is 5.82 Å². The van der Waals surface area contributed by atoms with E-state index in [0.717, 1.165) is 24.1 Å². The molecule has 11 nitrogen and oxygen atoms in total. The highest BCUT2D eigenvalue weighted by Gasteiger charge is 2.56. The molecular formula is C21H23N9O2. The van der Waals surface area contributed by atoms with Gasteiger partial charge in [-0.15, -0.1) is 5.10 Å². The second kappa shape index (κ2) is 7.08. The maximum Gasteiger partial charge on any atom is 0.244 e. The molecule has 6 atom stereocenters. The molecule has 0 spiro atoms. The number of H-pyrrole nitrogens is 1. The second-order valence-corrected chi connectivity index (χ2v) is 9.13. The molecule has 3 aliphatic heterocycles. The fraction of sp³-hybridized carbons (Fsp3) is 0.524. The molecule has 2 bridgehead atoms. The minimum absolute atomic E-state index is 0.000783. The summed E-state index contributed by atoms with van der Waals surface area (Å²) in [5, 5.41) is 23.4. The van der Waals surface area contributed by atoms with Crippen molar-refractivity contribution in [3.63, 3.8) is 0 Å². The molecule has 4 fully saturated rings. The van der Waals surface area contributed by atoms with Gasteiger partial charge in [-0.2, -0.15) is 5.26 Å². The third-order valence-corrected chi connectivity index (χ3v) is 7.29. The SMILES string of the molecule is N#C[C@@H]1C[C@@H]2C[C@@H]2N1C(=O)[C@@H](N)CN1CC2C[C@H]1C(=O)N2c1ccccc1-c1nnn[nH]1. The molecule has 1 aromatic heterocycles. The van der Waals surface area contributed by atoms with Gasteiger partial charge in [-0.3, -0.25) is 14.5 Å². The number of anilines is 1. The number of carbonyl (C=O) groups is 2. The van der Waals surface area contributed by atoms with Crippen LogP contribution in [0.2, 0.25) is 0 Å². The number of nitrogens with zero attached hydrogens (tertiary/aromatic N) is 7. The largest absolute Gasteiger partial charge is 0.322 e. The van der Waals surface area contributed by atoms with Gasteiger partial charge >= 0.3 is 0 Å². The molecule has 164 valence electrons. The van der Waals surface area contributed by atoms with E-state index in [-0.39, 0.29) is 36.0 Å². The molecule has 0 radical (unpaired) electrons. The van der Waals surface area contributed by atoms with Crippen molar-refractivity contribution < 1.29 is 9.59 Å². The monoisotopic (exact) mass is 433 g/mol. The first-order chi connectivity index (χ1) is 15.6. The summed E-state index contributed by atoms with van der Waals surface area (Å²) in [5.74, 6) is 0.793. The average Bonchev–Trinajstić information content (AvgIpc) is 3.25. The standard InChI is InChI=1S/C21H23N9O2/c22-8-12-5-11-6-17(11)29(12)20(31)15(23)10-28-9-13-7-18(28)21(32)30(13)16-4-2-1-3-14(16)19-24-26-27-25-19/h1-4,11-13,15,17-18H,5-7,9-10,23H2,(H,24,25,26,27)/t11-,12+,13?,15+,17+,18+/m1/s1. The number of tetrazole rings is 1. The van der Waals surface area contributed by atoms with Gasteiger partial charge in [-0.1, -0.05) is 12.1 Å². The van der Waals surface area contributed by atoms with E-state index in [1.165, 1.54) is 0 Å². The van der Waals surface area contributed by atoms with Crippen molar-refractivity contribution in [3.8, 4) is 17.5 Å². The van der Waals surface area contributed by atoms with Crippen LogP contribution in [-0.2, 0) is 9.59 Å². The summed E-state index contributed by atoms with van der Waals surface area (Å²) in [6.45, 7) is 0.966. The number of piperazine rings is 1. The molecule has 4 heterocycles. The Kier molecular flexibility index (Phi) is 4.28. The summed E-state index contributed by atoms with van der Waals surface area (Å²) in [6, 6.07) is 8.55. The molecule has 2 aromatic rings. The smallest absolute Gasteiger partial charge is 0.244 e. The molecule has 3 N–H and O–H groups in total. The number of nitriles is 1. The maximum atomic E-state index is 13.3. The first-order valence-electron chi connectivity index (χ1n) is 10.9. The molecule has 11 heteroatoms. The van der Waals surface area contributed by atoms with Crippen LogP contribution in [0.25, 0.3) is 11.4 Å². The van der Waals surface area contributed by atoms with Crippen LogP contribution < -0.4 is 10.6 Å². The van der Waals surface area contributed by atoms with Gasteiger partial charge in [-0.05, 0) is 47.7 Å². The molecule has 1 unspecified atom stereocenters. The zero-order valence-corrected chi connectivity index (χ0v) is 17.3. The van der Waals surface area contributed by atoms with E-state index in [9.17, 15) is 14.9 Å². The fourth-order valence-electron chi connectivity index (χ4n) is 5.75. The quantitative estimate of drug-likeness (QED) is 0.641. The minimum Gasteiger partial charge on any atom is -0.322 e. The molecular weight excluding hydrogens is 410 g/mol. The van der Waals surface area contributed by atoms with Crippen LogP contribution in [0.4, 0.5) is 5.69 Å². The predicted octanol–water partition coefficient (Wildman–Crippen LogP) is -0.504. The Morgan fingerprint density at radius 3 is 2.91 bits per heavy atom. The average molecular weight is 433 g/mol. The van der Waals surface area contributed by atoms with Gasteiger partial charge in [0.1, 0.15) is 6.04 Å². The van der Waals surface area contributed by atoms with Crippen LogP contribution in [-0.4, -0.2) is 85.5 Å². The van der Waals surface area contributed by atoms with Crippen LogP contribution in [0.1, 0.15) is 19.3 Å². The van der Waals surface area contributed by atoms with E-state index < -0.39 is 6.04 Å². The minimum atomic E-state index is -0.738. The van der Waals surface area contributed by atoms with Gasteiger partial charge < -0.3 is 15.5 Å². The van der Waals surface area contributed by atoms with Crippen LogP contribution in [0, 0.1) is 17.2 Å². The molecule has 1 saturated carbocycles. The molecule has 1 aliphatic carbocycles. The Labute approximate surface area is 184 Å². The molecule has 6 rings (SSSR count). The van der Waals surface area contributed by atoms with Crippen molar-refractivity contribution in [2.75, 3.05) is 18.0 Å². The number of hydrogen-bond acceptors (Lipinski definition) is 8. The summed E-state index contributed by atoms with van der Waals surface area (Å²) in [5.41, 5.74) is 7.84. The van der Waals surface area contributed by atoms with E-state index in [2.05, 4.69) is 26.7 Å². The van der Waals surface area contributed by atoms with Crippen molar-refractivity contribution in [2.45, 2.75) is 49.5 Å². The number of likely N-dealkylation sites (tertiary alicyclic amines) is 2. The van der Waals surface area contributed by atoms with Gasteiger partial charge in [0.2, 0.25) is 11.8 Å². The summed E-state index contributed by atoms with van der Waals surface area (Å²) < 4.78 is 0. The van der Waals surface area contributed by atoms with Crippen molar-refractivity contribution in [1.82, 2.24) is 30.4 Å². The Hall–Kier alpha value is -3.36. The number of hydrogen-bond donors (Lipinski definition) is 2. The van der Waals surface area contributed by atoms with Crippen molar-refractivity contribution in [2.24, 2.45) is 11.7 Å². The van der Waals surface area contributed by atoms with Gasteiger partial charge in [0.25, 0.3) is 0 Å². The number of nitrogens with two attached hydrogens (primary N) is 1. The number of aromatic nitrogens is 4. The van der Waals surface area contributed by atoms with E-state index in [1.54, 1.807) is 4.90 Å². The number of aromatic amines is 1. The molecule has 3 saturated heterocycles. The lowest BCUT2D eigenvalue weighted by molar-refractivity contribution is -0.135. The van der Waals surface area contributed by atoms with E-state index >= 15 is 0 Å². The zero-order valence-electron chi connectivity index (χ0n) is 17.3. The van der Waals surface area contributed by atoms with Crippen LogP contribution >= 0.6 is 0 Å². The fourth-order valence-corrected chi connectivity index (χ4v) is 5.75. The summed E-state index contributed by atoms with van der Waals surface area (Å²) in [7, 11) is 0. The Morgan fingerprint density at radius 2 is 2.16 bits per heavy atom. The van der Waals surface area contributed by atoms with Crippen LogP contribution in [0.3, 0.4) is 0 Å². The number of benzene rings is 1. The van der Waals surface area contributed by atoms with E-state index in [4.69, 9.17) is 5.73 Å². The maximum absolute atomic E-state index is 13.3. The third-order valence-electron chi connectivity index (χ3n) is 7.29. The zero-order chi connectivity index (χ0) is 22.0. The van der Waals surface area contributed by atoms with Gasteiger partial charge in [-0.25, -0.2) is 5.10 Å². The van der Waals surface area contributed by atoms with Crippen molar-refractivity contribution in [3.05, 3.63) is 24.3 Å². The highest BCUT2D eigenvalue weighted by molar-refractivity contribution is 6.04. The molecule has 32 heavy (non-hydrogen) atoms. The molecule has 2 amide bonds. The van der Waals surface area contributed by atoms with Gasteiger partial charge in [0.05, 0.1) is 29.9 Å². The van der Waals surface area contributed by atoms with Crippen LogP contribution in [0.15, 0.2) is 24.3 Å². The van der Waals surface area contributed by atoms with Gasteiger partial charge in [0, 0.05) is 24.7 Å². The van der Waals surface area contributed by atoms with Crippen LogP contribution in [0.5, 0.6) is 0 Å². The lowest BCUT2D eigenvalue weighted by atomic mass is 10.1. The number of rotatable bonds is 5. The normalized spacial score (nSPS) is 31.6. The number of carbonyl (C=O) groups excluding carboxylic acids is 2. The Balaban J connectivity index is 1.17. The number of piperidine rings is 1. The lowest BCUT2D eigenvalue weighted by Gasteiger charge is -2.36. The molecule has 4 aliphatic rings. The number of amides is 2. The predicted molar refractivity (Wildman–Crippen MR) is 112 cm³/mol. The molecule has 1 aromatic carbocycles. The third kappa shape index (κ3) is 2.83. The number of fused-ring (bicyclic) bond motifs is 3. The van der Waals surface area contributed by atoms with Crippen molar-refractivity contribution >= 4 is 17.5 Å². The number of nitrogens with one attached hydrogen (secondary N) is 1. The lowest BCUT2D eigenvalue weighted by Crippen LogP contribution is -2.57. The Bertz CT molecular complexity index is 1110. The number of para-hydroxylation sites is 1. The highest BCUT2D eigenvalue weighted by atomic mass is 16.2. The Morgan fingerprint density at radius 1 is 1.31 bits per heavy atom. The van der Waals surface area contributed by atoms with E-state index in [1.807, 2.05) is 34.1 Å².